The van der Waals surface area contributed by atoms with Crippen LogP contribution in [-0.2, 0) is 4.79 Å². The monoisotopic (exact) mass is 182 g/mol. The summed E-state index contributed by atoms with van der Waals surface area (Å²) in [6, 6.07) is 0. The number of rotatable bonds is 1. The van der Waals surface area contributed by atoms with Crippen LogP contribution in [-0.4, -0.2) is 17.5 Å². The summed E-state index contributed by atoms with van der Waals surface area (Å²) in [6.45, 7) is 6.48. The fraction of sp³-hybridized carbons (Fsp3) is 0.909. The third-order valence-electron chi connectivity index (χ3n) is 4.87. The highest BCUT2D eigenvalue weighted by Gasteiger charge is 2.65. The Kier molecular flexibility index (Phi) is 1.66. The normalized spacial score (nSPS) is 47.2. The number of hydrogen-bond acceptors (Lipinski definition) is 2. The van der Waals surface area contributed by atoms with Gasteiger partial charge < -0.3 is 5.11 Å². The largest absolute Gasteiger partial charge is 0.396 e. The van der Waals surface area contributed by atoms with Crippen LogP contribution in [0.25, 0.3) is 0 Å². The molecule has 3 atom stereocenters. The number of fused-ring (bicyclic) bond motifs is 2. The summed E-state index contributed by atoms with van der Waals surface area (Å²) in [6.07, 6.45) is 2.13. The van der Waals surface area contributed by atoms with Crippen molar-refractivity contribution in [2.45, 2.75) is 33.6 Å². The molecule has 2 bridgehead atoms. The molecule has 74 valence electrons. The van der Waals surface area contributed by atoms with Crippen molar-refractivity contribution in [2.75, 3.05) is 6.61 Å². The van der Waals surface area contributed by atoms with Gasteiger partial charge in [0.15, 0.2) is 0 Å². The first kappa shape index (κ1) is 9.20. The van der Waals surface area contributed by atoms with Crippen molar-refractivity contribution in [1.82, 2.24) is 0 Å². The average Bonchev–Trinajstić information content (AvgIpc) is 2.36. The van der Waals surface area contributed by atoms with Crippen LogP contribution in [0.1, 0.15) is 33.6 Å². The molecule has 2 heteroatoms. The molecule has 0 aliphatic heterocycles. The molecule has 2 nitrogen and oxygen atoms in total. The molecule has 2 saturated carbocycles. The molecule has 0 aromatic heterocycles. The van der Waals surface area contributed by atoms with Crippen LogP contribution in [0.5, 0.6) is 0 Å². The van der Waals surface area contributed by atoms with Gasteiger partial charge in [0.2, 0.25) is 0 Å². The minimum Gasteiger partial charge on any atom is -0.396 e. The van der Waals surface area contributed by atoms with Crippen LogP contribution >= 0.6 is 0 Å². The molecule has 0 aromatic carbocycles. The molecule has 0 unspecified atom stereocenters. The zero-order chi connectivity index (χ0) is 9.85. The first-order valence-corrected chi connectivity index (χ1v) is 5.10. The van der Waals surface area contributed by atoms with Crippen molar-refractivity contribution < 1.29 is 9.90 Å². The lowest BCUT2D eigenvalue weighted by atomic mass is 9.70. The van der Waals surface area contributed by atoms with E-state index in [2.05, 4.69) is 20.8 Å². The molecule has 2 aliphatic rings. The number of Topliss-reactive ketones (excluding diaryl/α,β-unsaturated/α-hetero) is 1. The van der Waals surface area contributed by atoms with Gasteiger partial charge in [-0.05, 0) is 24.2 Å². The van der Waals surface area contributed by atoms with Crippen LogP contribution in [0.2, 0.25) is 0 Å². The van der Waals surface area contributed by atoms with Gasteiger partial charge >= 0.3 is 0 Å². The number of hydrogen-bond donors (Lipinski definition) is 1. The number of aliphatic hydroxyl groups excluding tert-OH is 1. The maximum atomic E-state index is 12.0. The predicted octanol–water partition coefficient (Wildman–Crippen LogP) is 1.62. The van der Waals surface area contributed by atoms with E-state index in [1.807, 2.05) is 0 Å². The number of ketones is 1. The van der Waals surface area contributed by atoms with Crippen molar-refractivity contribution in [3.63, 3.8) is 0 Å². The van der Waals surface area contributed by atoms with Gasteiger partial charge in [-0.2, -0.15) is 0 Å². The van der Waals surface area contributed by atoms with E-state index in [4.69, 9.17) is 0 Å². The van der Waals surface area contributed by atoms with Gasteiger partial charge in [-0.15, -0.1) is 0 Å². The zero-order valence-electron chi connectivity index (χ0n) is 8.63. The van der Waals surface area contributed by atoms with Gasteiger partial charge in [0, 0.05) is 11.3 Å². The second-order valence-corrected chi connectivity index (χ2v) is 5.35. The summed E-state index contributed by atoms with van der Waals surface area (Å²) in [4.78, 5) is 12.0. The summed E-state index contributed by atoms with van der Waals surface area (Å²) in [7, 11) is 0. The lowest BCUT2D eigenvalue weighted by Gasteiger charge is -2.32. The molecule has 2 fully saturated rings. The van der Waals surface area contributed by atoms with E-state index >= 15 is 0 Å². The highest BCUT2D eigenvalue weighted by atomic mass is 16.3. The lowest BCUT2D eigenvalue weighted by molar-refractivity contribution is -0.132. The minimum absolute atomic E-state index is 0.0442. The molecule has 2 aliphatic carbocycles. The zero-order valence-corrected chi connectivity index (χ0v) is 8.63. The quantitative estimate of drug-likeness (QED) is 0.669. The van der Waals surface area contributed by atoms with E-state index < -0.39 is 0 Å². The fourth-order valence-corrected chi connectivity index (χ4v) is 3.48. The average molecular weight is 182 g/mol. The summed E-state index contributed by atoms with van der Waals surface area (Å²) >= 11 is 0. The lowest BCUT2D eigenvalue weighted by Crippen LogP contribution is -2.34. The van der Waals surface area contributed by atoms with Gasteiger partial charge in [-0.25, -0.2) is 0 Å². The molecule has 0 amide bonds. The SMILES string of the molecule is CC1(C)[C@H]2CC[C@@]1(C)C(=O)[C@@H]2CO. The highest BCUT2D eigenvalue weighted by molar-refractivity contribution is 5.91. The third kappa shape index (κ3) is 0.804. The van der Waals surface area contributed by atoms with Crippen molar-refractivity contribution in [3.05, 3.63) is 0 Å². The Labute approximate surface area is 79.3 Å². The van der Waals surface area contributed by atoms with E-state index in [0.717, 1.165) is 12.8 Å². The Bertz CT molecular complexity index is 257. The van der Waals surface area contributed by atoms with E-state index in [1.54, 1.807) is 0 Å². The minimum atomic E-state index is -0.162. The van der Waals surface area contributed by atoms with Crippen LogP contribution < -0.4 is 0 Å². The summed E-state index contributed by atoms with van der Waals surface area (Å²) in [5, 5.41) is 9.18. The van der Waals surface area contributed by atoms with Crippen molar-refractivity contribution in [2.24, 2.45) is 22.7 Å². The van der Waals surface area contributed by atoms with Crippen LogP contribution in [0.4, 0.5) is 0 Å². The van der Waals surface area contributed by atoms with E-state index in [1.165, 1.54) is 0 Å². The van der Waals surface area contributed by atoms with Gasteiger partial charge in [0.05, 0.1) is 6.61 Å². The highest BCUT2D eigenvalue weighted by Crippen LogP contribution is 2.65. The summed E-state index contributed by atoms with van der Waals surface area (Å²) in [5.41, 5.74) is -0.0669. The smallest absolute Gasteiger partial charge is 0.144 e. The molecule has 0 heterocycles. The summed E-state index contributed by atoms with van der Waals surface area (Å²) < 4.78 is 0. The Morgan fingerprint density at radius 1 is 1.46 bits per heavy atom. The molecule has 0 aromatic rings. The summed E-state index contributed by atoms with van der Waals surface area (Å²) in [5.74, 6) is 0.639. The second kappa shape index (κ2) is 2.35. The molecule has 0 radical (unpaired) electrons. The standard InChI is InChI=1S/C11H18O2/c1-10(2)8-4-5-11(10,3)9(13)7(8)6-12/h7-8,12H,4-6H2,1-3H3/t7-,8+,11+/m1/s1. The maximum Gasteiger partial charge on any atom is 0.144 e. The molecule has 1 N–H and O–H groups in total. The van der Waals surface area contributed by atoms with Gasteiger partial charge in [0.25, 0.3) is 0 Å². The van der Waals surface area contributed by atoms with Gasteiger partial charge in [-0.1, -0.05) is 20.8 Å². The fourth-order valence-electron chi connectivity index (χ4n) is 3.48. The number of carbonyl (C=O) groups excluding carboxylic acids is 1. The molecule has 13 heavy (non-hydrogen) atoms. The molecular formula is C11H18O2. The van der Waals surface area contributed by atoms with Crippen LogP contribution in [0.15, 0.2) is 0 Å². The number of aliphatic hydroxyl groups is 1. The van der Waals surface area contributed by atoms with Crippen molar-refractivity contribution in [3.8, 4) is 0 Å². The second-order valence-electron chi connectivity index (χ2n) is 5.35. The van der Waals surface area contributed by atoms with Crippen molar-refractivity contribution in [1.29, 1.82) is 0 Å². The van der Waals surface area contributed by atoms with Gasteiger partial charge in [0.1, 0.15) is 5.78 Å². The predicted molar refractivity (Wildman–Crippen MR) is 50.2 cm³/mol. The Morgan fingerprint density at radius 2 is 2.08 bits per heavy atom. The Morgan fingerprint density at radius 3 is 2.38 bits per heavy atom. The van der Waals surface area contributed by atoms with Gasteiger partial charge in [-0.3, -0.25) is 4.79 Å². The van der Waals surface area contributed by atoms with E-state index in [0.29, 0.717) is 11.7 Å². The van der Waals surface area contributed by atoms with Crippen LogP contribution in [0, 0.1) is 22.7 Å². The number of carbonyl (C=O) groups is 1. The Hall–Kier alpha value is -0.370. The Balaban J connectivity index is 2.44. The molecule has 2 rings (SSSR count). The first-order chi connectivity index (χ1) is 5.95. The molecule has 0 saturated heterocycles. The van der Waals surface area contributed by atoms with E-state index in [9.17, 15) is 9.90 Å². The van der Waals surface area contributed by atoms with E-state index in [-0.39, 0.29) is 23.4 Å². The van der Waals surface area contributed by atoms with Crippen LogP contribution in [0.3, 0.4) is 0 Å². The maximum absolute atomic E-state index is 12.0. The van der Waals surface area contributed by atoms with Crippen molar-refractivity contribution >= 4 is 5.78 Å². The first-order valence-electron chi connectivity index (χ1n) is 5.10. The molecular weight excluding hydrogens is 164 g/mol. The molecule has 0 spiro atoms. The topological polar surface area (TPSA) is 37.3 Å². The third-order valence-corrected chi connectivity index (χ3v) is 4.87.